The first kappa shape index (κ1) is 16.9. The predicted molar refractivity (Wildman–Crippen MR) is 77.6 cm³/mol. The Morgan fingerprint density at radius 2 is 1.90 bits per heavy atom. The average Bonchev–Trinajstić information content (AvgIpc) is 2.45. The molecule has 0 radical (unpaired) electrons. The lowest BCUT2D eigenvalue weighted by molar-refractivity contribution is -0.124. The molecule has 0 aliphatic heterocycles. The average molecular weight is 284 g/mol. The van der Waals surface area contributed by atoms with Crippen molar-refractivity contribution in [3.63, 3.8) is 0 Å². The number of hydrogen-bond donors (Lipinski definition) is 1. The normalized spacial score (nSPS) is 13.3. The molecule has 0 bridgehead atoms. The molecule has 0 aliphatic carbocycles. The number of methoxy groups -OCH3 is 1. The minimum Gasteiger partial charge on any atom is -0.494 e. The van der Waals surface area contributed by atoms with E-state index in [0.717, 1.165) is 18.4 Å². The van der Waals surface area contributed by atoms with Gasteiger partial charge in [-0.3, -0.25) is 0 Å². The van der Waals surface area contributed by atoms with Crippen molar-refractivity contribution in [3.05, 3.63) is 29.6 Å². The molecule has 1 unspecified atom stereocenters. The van der Waals surface area contributed by atoms with E-state index in [9.17, 15) is 9.50 Å². The maximum absolute atomic E-state index is 13.7. The minimum atomic E-state index is -0.662. The van der Waals surface area contributed by atoms with Crippen LogP contribution in [-0.2, 0) is 11.2 Å². The number of benzene rings is 1. The van der Waals surface area contributed by atoms with E-state index in [1.165, 1.54) is 13.2 Å². The highest BCUT2D eigenvalue weighted by Gasteiger charge is 2.35. The van der Waals surface area contributed by atoms with E-state index in [1.807, 2.05) is 20.8 Å². The highest BCUT2D eigenvalue weighted by molar-refractivity contribution is 5.29. The van der Waals surface area contributed by atoms with Gasteiger partial charge in [0.2, 0.25) is 0 Å². The molecule has 20 heavy (non-hydrogen) atoms. The fourth-order valence-corrected chi connectivity index (χ4v) is 2.56. The van der Waals surface area contributed by atoms with Gasteiger partial charge in [0.15, 0.2) is 11.6 Å². The van der Waals surface area contributed by atoms with E-state index >= 15 is 0 Å². The number of halogens is 1. The summed E-state index contributed by atoms with van der Waals surface area (Å²) in [6.45, 7) is 6.46. The van der Waals surface area contributed by atoms with E-state index in [1.54, 1.807) is 12.1 Å². The SMILES string of the molecule is CCOC(CC)(CC)C(O)Cc1ccc(OC)c(F)c1. The highest BCUT2D eigenvalue weighted by Crippen LogP contribution is 2.28. The van der Waals surface area contributed by atoms with Crippen molar-refractivity contribution in [1.82, 2.24) is 0 Å². The van der Waals surface area contributed by atoms with Crippen LogP contribution in [0.3, 0.4) is 0 Å². The van der Waals surface area contributed by atoms with Gasteiger partial charge in [-0.1, -0.05) is 19.9 Å². The van der Waals surface area contributed by atoms with E-state index in [2.05, 4.69) is 0 Å². The second-order valence-corrected chi connectivity index (χ2v) is 4.89. The zero-order valence-electron chi connectivity index (χ0n) is 12.8. The Morgan fingerprint density at radius 1 is 1.25 bits per heavy atom. The Bertz CT molecular complexity index is 416. The Kier molecular flexibility index (Phi) is 6.43. The summed E-state index contributed by atoms with van der Waals surface area (Å²) >= 11 is 0. The molecule has 1 aromatic carbocycles. The predicted octanol–water partition coefficient (Wildman–Crippen LogP) is 3.33. The molecule has 114 valence electrons. The zero-order chi connectivity index (χ0) is 15.2. The summed E-state index contributed by atoms with van der Waals surface area (Å²) < 4.78 is 24.3. The third-order valence-electron chi connectivity index (χ3n) is 3.88. The maximum Gasteiger partial charge on any atom is 0.165 e. The molecule has 1 rings (SSSR count). The number of ether oxygens (including phenoxy) is 2. The summed E-state index contributed by atoms with van der Waals surface area (Å²) in [5, 5.41) is 10.5. The van der Waals surface area contributed by atoms with Crippen LogP contribution in [0, 0.1) is 5.82 Å². The molecule has 0 aliphatic rings. The molecule has 0 amide bonds. The minimum absolute atomic E-state index is 0.213. The van der Waals surface area contributed by atoms with Gasteiger partial charge in [-0.05, 0) is 37.5 Å². The largest absolute Gasteiger partial charge is 0.494 e. The van der Waals surface area contributed by atoms with Crippen LogP contribution in [0.1, 0.15) is 39.2 Å². The second-order valence-electron chi connectivity index (χ2n) is 4.89. The Morgan fingerprint density at radius 3 is 2.35 bits per heavy atom. The Hall–Kier alpha value is -1.13. The number of rotatable bonds is 8. The Labute approximate surface area is 120 Å². The number of hydrogen-bond acceptors (Lipinski definition) is 3. The van der Waals surface area contributed by atoms with Crippen molar-refractivity contribution >= 4 is 0 Å². The van der Waals surface area contributed by atoms with Crippen molar-refractivity contribution in [1.29, 1.82) is 0 Å². The molecule has 0 heterocycles. The topological polar surface area (TPSA) is 38.7 Å². The zero-order valence-corrected chi connectivity index (χ0v) is 12.8. The van der Waals surface area contributed by atoms with Crippen LogP contribution in [0.2, 0.25) is 0 Å². The standard InChI is InChI=1S/C16H25FO3/c1-5-16(6-2,20-7-3)15(18)11-12-8-9-14(19-4)13(17)10-12/h8-10,15,18H,5-7,11H2,1-4H3. The summed E-state index contributed by atoms with van der Waals surface area (Å²) in [6, 6.07) is 4.76. The molecule has 3 nitrogen and oxygen atoms in total. The van der Waals surface area contributed by atoms with Gasteiger partial charge < -0.3 is 14.6 Å². The van der Waals surface area contributed by atoms with Gasteiger partial charge in [-0.2, -0.15) is 0 Å². The molecule has 1 aromatic rings. The van der Waals surface area contributed by atoms with Crippen molar-refractivity contribution < 1.29 is 19.0 Å². The second kappa shape index (κ2) is 7.60. The quantitative estimate of drug-likeness (QED) is 0.795. The molecular formula is C16H25FO3. The summed E-state index contributed by atoms with van der Waals surface area (Å²) in [4.78, 5) is 0. The van der Waals surface area contributed by atoms with Crippen LogP contribution in [-0.4, -0.2) is 30.5 Å². The first-order valence-corrected chi connectivity index (χ1v) is 7.17. The van der Waals surface area contributed by atoms with E-state index in [-0.39, 0.29) is 5.75 Å². The molecule has 1 N–H and O–H groups in total. The van der Waals surface area contributed by atoms with Crippen LogP contribution in [0.15, 0.2) is 18.2 Å². The summed E-state index contributed by atoms with van der Waals surface area (Å²) in [7, 11) is 1.43. The van der Waals surface area contributed by atoms with Crippen LogP contribution in [0.4, 0.5) is 4.39 Å². The summed E-state index contributed by atoms with van der Waals surface area (Å²) in [5.41, 5.74) is 0.173. The van der Waals surface area contributed by atoms with Gasteiger partial charge >= 0.3 is 0 Å². The van der Waals surface area contributed by atoms with Gasteiger partial charge in [0.25, 0.3) is 0 Å². The molecule has 0 spiro atoms. The summed E-state index contributed by atoms with van der Waals surface area (Å²) in [6.07, 6.45) is 1.14. The third-order valence-corrected chi connectivity index (χ3v) is 3.88. The molecule has 0 fully saturated rings. The maximum atomic E-state index is 13.7. The molecule has 4 heteroatoms. The lowest BCUT2D eigenvalue weighted by Gasteiger charge is -2.36. The lowest BCUT2D eigenvalue weighted by atomic mass is 9.86. The van der Waals surface area contributed by atoms with Crippen molar-refractivity contribution in [2.24, 2.45) is 0 Å². The molecule has 1 atom stereocenters. The first-order valence-electron chi connectivity index (χ1n) is 7.17. The first-order chi connectivity index (χ1) is 9.52. The van der Waals surface area contributed by atoms with E-state index < -0.39 is 17.5 Å². The number of aliphatic hydroxyl groups excluding tert-OH is 1. The van der Waals surface area contributed by atoms with Gasteiger partial charge in [0, 0.05) is 13.0 Å². The fourth-order valence-electron chi connectivity index (χ4n) is 2.56. The molecular weight excluding hydrogens is 259 g/mol. The van der Waals surface area contributed by atoms with Gasteiger partial charge in [0.1, 0.15) is 0 Å². The molecule has 0 saturated heterocycles. The fraction of sp³-hybridized carbons (Fsp3) is 0.625. The Balaban J connectivity index is 2.87. The monoisotopic (exact) mass is 284 g/mol. The van der Waals surface area contributed by atoms with Crippen molar-refractivity contribution in [2.75, 3.05) is 13.7 Å². The van der Waals surface area contributed by atoms with Gasteiger partial charge in [-0.25, -0.2) is 4.39 Å². The van der Waals surface area contributed by atoms with Crippen LogP contribution < -0.4 is 4.74 Å². The molecule has 0 saturated carbocycles. The van der Waals surface area contributed by atoms with Gasteiger partial charge in [0.05, 0.1) is 18.8 Å². The van der Waals surface area contributed by atoms with E-state index in [0.29, 0.717) is 13.0 Å². The number of aliphatic hydroxyl groups is 1. The highest BCUT2D eigenvalue weighted by atomic mass is 19.1. The smallest absolute Gasteiger partial charge is 0.165 e. The van der Waals surface area contributed by atoms with E-state index in [4.69, 9.17) is 9.47 Å². The summed E-state index contributed by atoms with van der Waals surface area (Å²) in [5.74, 6) is -0.197. The van der Waals surface area contributed by atoms with Crippen molar-refractivity contribution in [2.45, 2.75) is 51.7 Å². The van der Waals surface area contributed by atoms with Crippen LogP contribution in [0.5, 0.6) is 5.75 Å². The third kappa shape index (κ3) is 3.70. The van der Waals surface area contributed by atoms with Crippen LogP contribution in [0.25, 0.3) is 0 Å². The van der Waals surface area contributed by atoms with Gasteiger partial charge in [-0.15, -0.1) is 0 Å². The molecule has 0 aromatic heterocycles. The van der Waals surface area contributed by atoms with Crippen LogP contribution >= 0.6 is 0 Å². The van der Waals surface area contributed by atoms with Crippen molar-refractivity contribution in [3.8, 4) is 5.75 Å². The lowest BCUT2D eigenvalue weighted by Crippen LogP contribution is -2.45.